The number of nitrogens with zero attached hydrogens (tertiary/aromatic N) is 2. The largest absolute Gasteiger partial charge is 0.491 e. The van der Waals surface area contributed by atoms with Crippen molar-refractivity contribution >= 4 is 5.69 Å². The average molecular weight is 442 g/mol. The molecule has 1 aliphatic rings. The second-order valence-electron chi connectivity index (χ2n) is 7.37. The molecule has 9 heteroatoms. The highest BCUT2D eigenvalue weighted by Crippen LogP contribution is 2.31. The van der Waals surface area contributed by atoms with Crippen molar-refractivity contribution in [2.24, 2.45) is 0 Å². The zero-order valence-electron chi connectivity index (χ0n) is 17.0. The van der Waals surface area contributed by atoms with Crippen molar-refractivity contribution in [1.82, 2.24) is 4.90 Å². The summed E-state index contributed by atoms with van der Waals surface area (Å²) in [5.41, 5.74) is -0.0945. The van der Waals surface area contributed by atoms with Crippen LogP contribution in [0.4, 0.5) is 23.2 Å². The van der Waals surface area contributed by atoms with Gasteiger partial charge in [0.15, 0.2) is 0 Å². The van der Waals surface area contributed by atoms with Gasteiger partial charge in [0, 0.05) is 38.4 Å². The molecule has 0 bridgehead atoms. The lowest BCUT2D eigenvalue weighted by Crippen LogP contribution is -2.49. The Morgan fingerprint density at radius 1 is 0.968 bits per heavy atom. The quantitative estimate of drug-likeness (QED) is 0.476. The number of aliphatic hydroxyl groups is 1. The molecule has 0 unspecified atom stereocenters. The minimum absolute atomic E-state index is 0.153. The van der Waals surface area contributed by atoms with Gasteiger partial charge in [0.1, 0.15) is 18.2 Å². The first kappa shape index (κ1) is 23.3. The predicted octanol–water partition coefficient (Wildman–Crippen LogP) is 3.42. The highest BCUT2D eigenvalue weighted by Gasteiger charge is 2.31. The molecule has 0 radical (unpaired) electrons. The van der Waals surface area contributed by atoms with E-state index in [1.54, 1.807) is 6.07 Å². The number of hydrogen-bond donors (Lipinski definition) is 1. The lowest BCUT2D eigenvalue weighted by atomic mass is 10.1. The Morgan fingerprint density at radius 3 is 2.35 bits per heavy atom. The summed E-state index contributed by atoms with van der Waals surface area (Å²) in [6, 6.07) is 11.0. The van der Waals surface area contributed by atoms with Crippen molar-refractivity contribution in [3.8, 4) is 5.75 Å². The van der Waals surface area contributed by atoms with Crippen LogP contribution in [0.1, 0.15) is 5.56 Å². The third-order valence-electron chi connectivity index (χ3n) is 5.00. The summed E-state index contributed by atoms with van der Waals surface area (Å²) in [7, 11) is 0. The van der Waals surface area contributed by atoms with Gasteiger partial charge < -0.3 is 19.5 Å². The van der Waals surface area contributed by atoms with Crippen LogP contribution in [0, 0.1) is 5.82 Å². The molecule has 0 amide bonds. The number of piperazine rings is 1. The fourth-order valence-corrected chi connectivity index (χ4v) is 3.39. The topological polar surface area (TPSA) is 45.2 Å². The Bertz CT molecular complexity index is 809. The molecule has 31 heavy (non-hydrogen) atoms. The van der Waals surface area contributed by atoms with E-state index in [4.69, 9.17) is 9.47 Å². The molecule has 0 spiro atoms. The summed E-state index contributed by atoms with van der Waals surface area (Å²) >= 11 is 0. The molecule has 3 rings (SSSR count). The van der Waals surface area contributed by atoms with Gasteiger partial charge in [0.2, 0.25) is 0 Å². The molecule has 2 aromatic rings. The van der Waals surface area contributed by atoms with Gasteiger partial charge in [-0.3, -0.25) is 4.90 Å². The summed E-state index contributed by atoms with van der Waals surface area (Å²) in [5.74, 6) is 0.214. The fourth-order valence-electron chi connectivity index (χ4n) is 3.39. The van der Waals surface area contributed by atoms with Crippen LogP contribution in [0.3, 0.4) is 0 Å². The number of alkyl halides is 3. The second kappa shape index (κ2) is 10.8. The Hall–Kier alpha value is -2.36. The molecule has 0 saturated carbocycles. The lowest BCUT2D eigenvalue weighted by molar-refractivity contribution is -0.137. The summed E-state index contributed by atoms with van der Waals surface area (Å²) < 4.78 is 62.4. The number of β-amino-alcohol motifs (C(OH)–C–C–N with tert-alkyl or cyclic N) is 1. The number of halogens is 4. The van der Waals surface area contributed by atoms with Crippen LogP contribution >= 0.6 is 0 Å². The van der Waals surface area contributed by atoms with Crippen LogP contribution < -0.4 is 9.64 Å². The van der Waals surface area contributed by atoms with Gasteiger partial charge in [0.25, 0.3) is 0 Å². The summed E-state index contributed by atoms with van der Waals surface area (Å²) in [4.78, 5) is 3.98. The highest BCUT2D eigenvalue weighted by atomic mass is 19.4. The second-order valence-corrected chi connectivity index (χ2v) is 7.37. The molecule has 170 valence electrons. The van der Waals surface area contributed by atoms with Crippen molar-refractivity contribution in [3.63, 3.8) is 0 Å². The number of benzene rings is 2. The van der Waals surface area contributed by atoms with Gasteiger partial charge in [-0.15, -0.1) is 0 Å². The predicted molar refractivity (Wildman–Crippen MR) is 109 cm³/mol. The summed E-state index contributed by atoms with van der Waals surface area (Å²) in [6.07, 6.45) is -5.03. The van der Waals surface area contributed by atoms with Gasteiger partial charge in [-0.2, -0.15) is 13.2 Å². The molecule has 1 N–H and O–H groups in total. The number of rotatable bonds is 9. The zero-order chi connectivity index (χ0) is 22.3. The Morgan fingerprint density at radius 2 is 1.68 bits per heavy atom. The van der Waals surface area contributed by atoms with E-state index < -0.39 is 17.8 Å². The van der Waals surface area contributed by atoms with Crippen molar-refractivity contribution in [3.05, 3.63) is 59.9 Å². The third-order valence-corrected chi connectivity index (χ3v) is 5.00. The number of hydrogen-bond acceptors (Lipinski definition) is 5. The molecule has 5 nitrogen and oxygen atoms in total. The van der Waals surface area contributed by atoms with Gasteiger partial charge >= 0.3 is 6.18 Å². The van der Waals surface area contributed by atoms with E-state index in [0.29, 0.717) is 44.2 Å². The molecule has 0 aliphatic carbocycles. The van der Waals surface area contributed by atoms with Crippen LogP contribution in [-0.2, 0) is 10.9 Å². The van der Waals surface area contributed by atoms with Gasteiger partial charge in [0.05, 0.1) is 24.9 Å². The normalized spacial score (nSPS) is 16.4. The first-order valence-electron chi connectivity index (χ1n) is 10.1. The smallest absolute Gasteiger partial charge is 0.416 e. The first-order valence-corrected chi connectivity index (χ1v) is 10.1. The Kier molecular flexibility index (Phi) is 8.11. The van der Waals surface area contributed by atoms with E-state index in [2.05, 4.69) is 4.90 Å². The van der Waals surface area contributed by atoms with E-state index in [9.17, 15) is 22.7 Å². The third kappa shape index (κ3) is 7.37. The van der Waals surface area contributed by atoms with E-state index in [1.165, 1.54) is 36.4 Å². The van der Waals surface area contributed by atoms with Crippen LogP contribution in [-0.4, -0.2) is 68.7 Å². The van der Waals surface area contributed by atoms with Crippen molar-refractivity contribution in [2.45, 2.75) is 12.3 Å². The van der Waals surface area contributed by atoms with E-state index in [0.717, 1.165) is 6.07 Å². The average Bonchev–Trinajstić information content (AvgIpc) is 2.75. The highest BCUT2D eigenvalue weighted by molar-refractivity contribution is 5.49. The van der Waals surface area contributed by atoms with E-state index in [1.807, 2.05) is 4.90 Å². The fraction of sp³-hybridized carbons (Fsp3) is 0.455. The maximum Gasteiger partial charge on any atom is 0.416 e. The Balaban J connectivity index is 1.32. The molecular weight excluding hydrogens is 416 g/mol. The van der Waals surface area contributed by atoms with E-state index in [-0.39, 0.29) is 25.6 Å². The van der Waals surface area contributed by atoms with Crippen molar-refractivity contribution < 1.29 is 32.1 Å². The SMILES string of the molecule is O[C@H](COCCOc1ccc(F)cc1)CN1CCN(c2cccc(C(F)(F)F)c2)CC1. The van der Waals surface area contributed by atoms with Crippen LogP contribution in [0.15, 0.2) is 48.5 Å². The maximum atomic E-state index is 12.9. The van der Waals surface area contributed by atoms with E-state index >= 15 is 0 Å². The van der Waals surface area contributed by atoms with Crippen LogP contribution in [0.5, 0.6) is 5.75 Å². The molecule has 2 aromatic carbocycles. The molecule has 0 aromatic heterocycles. The number of anilines is 1. The number of aliphatic hydroxyl groups excluding tert-OH is 1. The lowest BCUT2D eigenvalue weighted by Gasteiger charge is -2.37. The van der Waals surface area contributed by atoms with Gasteiger partial charge in [-0.1, -0.05) is 6.07 Å². The minimum Gasteiger partial charge on any atom is -0.491 e. The van der Waals surface area contributed by atoms with Crippen LogP contribution in [0.2, 0.25) is 0 Å². The van der Waals surface area contributed by atoms with Crippen molar-refractivity contribution in [2.75, 3.05) is 57.4 Å². The molecular formula is C22H26F4N2O3. The van der Waals surface area contributed by atoms with Crippen molar-refractivity contribution in [1.29, 1.82) is 0 Å². The first-order chi connectivity index (χ1) is 14.8. The monoisotopic (exact) mass is 442 g/mol. The summed E-state index contributed by atoms with van der Waals surface area (Å²) in [5, 5.41) is 10.2. The molecule has 1 atom stereocenters. The van der Waals surface area contributed by atoms with Gasteiger partial charge in [-0.05, 0) is 42.5 Å². The maximum absolute atomic E-state index is 12.9. The summed E-state index contributed by atoms with van der Waals surface area (Å²) in [6.45, 7) is 3.60. The van der Waals surface area contributed by atoms with Crippen LogP contribution in [0.25, 0.3) is 0 Å². The minimum atomic E-state index is -4.36. The molecule has 1 heterocycles. The number of ether oxygens (including phenoxy) is 2. The standard InChI is InChI=1S/C22H26F4N2O3/c23-18-4-6-21(7-5-18)31-13-12-30-16-20(29)15-27-8-10-28(11-9-27)19-3-1-2-17(14-19)22(24,25)26/h1-7,14,20,29H,8-13,15-16H2/t20-/m0/s1. The Labute approximate surface area is 178 Å². The molecule has 1 aliphatic heterocycles. The molecule has 1 saturated heterocycles. The zero-order valence-corrected chi connectivity index (χ0v) is 17.0. The van der Waals surface area contributed by atoms with Gasteiger partial charge in [-0.25, -0.2) is 4.39 Å². The molecule has 1 fully saturated rings.